The number of hydrogen-bond acceptors (Lipinski definition) is 8. The fourth-order valence-electron chi connectivity index (χ4n) is 3.47. The van der Waals surface area contributed by atoms with Gasteiger partial charge >= 0.3 is 12.1 Å². The van der Waals surface area contributed by atoms with Crippen molar-refractivity contribution in [2.24, 2.45) is 0 Å². The minimum atomic E-state index is -4.72. The van der Waals surface area contributed by atoms with Crippen LogP contribution in [0.5, 0.6) is 0 Å². The lowest BCUT2D eigenvalue weighted by atomic mass is 10.1. The molecule has 0 aliphatic carbocycles. The van der Waals surface area contributed by atoms with Crippen LogP contribution in [-0.4, -0.2) is 54.3 Å². The first-order valence-electron chi connectivity index (χ1n) is 10.5. The molecule has 1 saturated heterocycles. The predicted molar refractivity (Wildman–Crippen MR) is 119 cm³/mol. The van der Waals surface area contributed by atoms with Crippen LogP contribution in [0.3, 0.4) is 0 Å². The van der Waals surface area contributed by atoms with Crippen molar-refractivity contribution in [3.63, 3.8) is 0 Å². The third-order valence-electron chi connectivity index (χ3n) is 5.28. The summed E-state index contributed by atoms with van der Waals surface area (Å²) in [4.78, 5) is 24.9. The number of halogens is 3. The first-order chi connectivity index (χ1) is 15.8. The van der Waals surface area contributed by atoms with E-state index in [4.69, 9.17) is 4.98 Å². The first kappa shape index (κ1) is 23.0. The zero-order valence-electron chi connectivity index (χ0n) is 17.9. The van der Waals surface area contributed by atoms with Crippen molar-refractivity contribution in [2.75, 3.05) is 43.0 Å². The normalized spacial score (nSPS) is 14.4. The molecule has 33 heavy (non-hydrogen) atoms. The number of amides is 1. The van der Waals surface area contributed by atoms with Gasteiger partial charge in [-0.25, -0.2) is 4.98 Å². The SMILES string of the molecule is CN(CCNC(=O)c1cccc(-c2noc(C(F)(F)F)n2)c1)c1csc(N2CCCCC2)n1. The van der Waals surface area contributed by atoms with Crippen LogP contribution in [0.4, 0.5) is 24.1 Å². The van der Waals surface area contributed by atoms with E-state index in [0.29, 0.717) is 13.1 Å². The standard InChI is InChI=1S/C21H23F3N6O2S/c1-29(16-13-33-20(26-16)30-9-3-2-4-10-30)11-8-25-18(31)15-7-5-6-14(12-15)17-27-19(32-28-17)21(22,23)24/h5-7,12-13H,2-4,8-11H2,1H3,(H,25,31). The molecule has 1 aromatic carbocycles. The Labute approximate surface area is 192 Å². The average molecular weight is 481 g/mol. The number of carbonyl (C=O) groups is 1. The second kappa shape index (κ2) is 9.77. The number of carbonyl (C=O) groups excluding carboxylic acids is 1. The van der Waals surface area contributed by atoms with Gasteiger partial charge < -0.3 is 19.6 Å². The van der Waals surface area contributed by atoms with Gasteiger partial charge in [0.2, 0.25) is 5.82 Å². The molecule has 0 spiro atoms. The van der Waals surface area contributed by atoms with E-state index in [-0.39, 0.29) is 22.9 Å². The van der Waals surface area contributed by atoms with Crippen LogP contribution in [0.15, 0.2) is 34.2 Å². The van der Waals surface area contributed by atoms with Crippen molar-refractivity contribution < 1.29 is 22.5 Å². The third-order valence-corrected chi connectivity index (χ3v) is 6.17. The van der Waals surface area contributed by atoms with Gasteiger partial charge in [0, 0.05) is 49.7 Å². The summed E-state index contributed by atoms with van der Waals surface area (Å²) in [5, 5.41) is 9.20. The van der Waals surface area contributed by atoms with Gasteiger partial charge in [-0.2, -0.15) is 18.2 Å². The second-order valence-corrected chi connectivity index (χ2v) is 8.55. The number of nitrogens with zero attached hydrogens (tertiary/aromatic N) is 5. The number of benzene rings is 1. The van der Waals surface area contributed by atoms with Crippen LogP contribution in [0.25, 0.3) is 11.4 Å². The van der Waals surface area contributed by atoms with Gasteiger partial charge in [0.15, 0.2) is 5.13 Å². The lowest BCUT2D eigenvalue weighted by molar-refractivity contribution is -0.159. The molecule has 0 saturated carbocycles. The molecule has 0 atom stereocenters. The van der Waals surface area contributed by atoms with Crippen LogP contribution in [0.2, 0.25) is 0 Å². The molecule has 1 amide bonds. The molecule has 0 unspecified atom stereocenters. The molecule has 3 heterocycles. The summed E-state index contributed by atoms with van der Waals surface area (Å²) in [6, 6.07) is 6.06. The fourth-order valence-corrected chi connectivity index (χ4v) is 4.39. The van der Waals surface area contributed by atoms with Crippen molar-refractivity contribution in [3.05, 3.63) is 41.1 Å². The summed E-state index contributed by atoms with van der Waals surface area (Å²) in [5.74, 6) is -1.16. The minimum absolute atomic E-state index is 0.232. The van der Waals surface area contributed by atoms with E-state index in [1.54, 1.807) is 23.5 Å². The maximum absolute atomic E-state index is 12.7. The van der Waals surface area contributed by atoms with Gasteiger partial charge in [0.05, 0.1) is 0 Å². The Morgan fingerprint density at radius 3 is 2.76 bits per heavy atom. The summed E-state index contributed by atoms with van der Waals surface area (Å²) >= 11 is 1.62. The molecule has 1 aliphatic rings. The molecule has 0 bridgehead atoms. The Hall–Kier alpha value is -3.15. The molecule has 3 aromatic rings. The molecule has 1 N–H and O–H groups in total. The van der Waals surface area contributed by atoms with E-state index in [1.807, 2.05) is 17.3 Å². The van der Waals surface area contributed by atoms with E-state index >= 15 is 0 Å². The Bertz CT molecular complexity index is 1090. The van der Waals surface area contributed by atoms with Crippen LogP contribution in [0, 0.1) is 0 Å². The minimum Gasteiger partial charge on any atom is -0.357 e. The number of nitrogens with one attached hydrogen (secondary N) is 1. The maximum atomic E-state index is 12.7. The summed E-state index contributed by atoms with van der Waals surface area (Å²) in [5.41, 5.74) is 0.543. The molecule has 2 aromatic heterocycles. The molecular formula is C21H23F3N6O2S. The van der Waals surface area contributed by atoms with Crippen molar-refractivity contribution in [3.8, 4) is 11.4 Å². The number of thiazole rings is 1. The van der Waals surface area contributed by atoms with E-state index < -0.39 is 12.1 Å². The summed E-state index contributed by atoms with van der Waals surface area (Å²) < 4.78 is 42.3. The van der Waals surface area contributed by atoms with Crippen LogP contribution < -0.4 is 15.1 Å². The average Bonchev–Trinajstić information content (AvgIpc) is 3.50. The molecule has 12 heteroatoms. The van der Waals surface area contributed by atoms with Gasteiger partial charge in [0.1, 0.15) is 5.82 Å². The van der Waals surface area contributed by atoms with Crippen LogP contribution in [-0.2, 0) is 6.18 Å². The monoisotopic (exact) mass is 480 g/mol. The van der Waals surface area contributed by atoms with Gasteiger partial charge in [-0.15, -0.1) is 11.3 Å². The maximum Gasteiger partial charge on any atom is 0.471 e. The molecule has 1 aliphatic heterocycles. The van der Waals surface area contributed by atoms with E-state index in [9.17, 15) is 18.0 Å². The van der Waals surface area contributed by atoms with Crippen LogP contribution in [0.1, 0.15) is 35.5 Å². The highest BCUT2D eigenvalue weighted by Gasteiger charge is 2.38. The van der Waals surface area contributed by atoms with Crippen molar-refractivity contribution in [2.45, 2.75) is 25.4 Å². The molecule has 4 rings (SSSR count). The largest absolute Gasteiger partial charge is 0.471 e. The third kappa shape index (κ3) is 5.62. The Morgan fingerprint density at radius 2 is 2.03 bits per heavy atom. The topological polar surface area (TPSA) is 87.4 Å². The van der Waals surface area contributed by atoms with Gasteiger partial charge in [-0.05, 0) is 31.4 Å². The zero-order chi connectivity index (χ0) is 23.4. The highest BCUT2D eigenvalue weighted by atomic mass is 32.1. The number of alkyl halides is 3. The smallest absolute Gasteiger partial charge is 0.357 e. The quantitative estimate of drug-likeness (QED) is 0.546. The Morgan fingerprint density at radius 1 is 1.24 bits per heavy atom. The number of piperidine rings is 1. The highest BCUT2D eigenvalue weighted by Crippen LogP contribution is 2.30. The van der Waals surface area contributed by atoms with Crippen molar-refractivity contribution >= 4 is 28.2 Å². The van der Waals surface area contributed by atoms with Crippen LogP contribution >= 0.6 is 11.3 Å². The van der Waals surface area contributed by atoms with Gasteiger partial charge in [0.25, 0.3) is 5.91 Å². The highest BCUT2D eigenvalue weighted by molar-refractivity contribution is 7.14. The number of anilines is 2. The first-order valence-corrected chi connectivity index (χ1v) is 11.4. The van der Waals surface area contributed by atoms with E-state index in [2.05, 4.69) is 24.9 Å². The molecule has 176 valence electrons. The Balaban J connectivity index is 1.31. The molecule has 1 fully saturated rings. The van der Waals surface area contributed by atoms with E-state index in [0.717, 1.165) is 24.0 Å². The summed E-state index contributed by atoms with van der Waals surface area (Å²) in [6.07, 6.45) is -1.08. The molecule has 8 nitrogen and oxygen atoms in total. The van der Waals surface area contributed by atoms with Crippen molar-refractivity contribution in [1.82, 2.24) is 20.4 Å². The fraction of sp³-hybridized carbons (Fsp3) is 0.429. The number of hydrogen-bond donors (Lipinski definition) is 1. The lowest BCUT2D eigenvalue weighted by Gasteiger charge is -2.26. The van der Waals surface area contributed by atoms with E-state index in [1.165, 1.54) is 31.4 Å². The summed E-state index contributed by atoms with van der Waals surface area (Å²) in [7, 11) is 1.91. The molecular weight excluding hydrogens is 457 g/mol. The van der Waals surface area contributed by atoms with Gasteiger partial charge in [-0.1, -0.05) is 17.3 Å². The second-order valence-electron chi connectivity index (χ2n) is 7.72. The zero-order valence-corrected chi connectivity index (χ0v) is 18.7. The number of likely N-dealkylation sites (N-methyl/N-ethyl adjacent to an activating group) is 1. The predicted octanol–water partition coefficient (Wildman–Crippen LogP) is 4.07. The van der Waals surface area contributed by atoms with Crippen molar-refractivity contribution in [1.29, 1.82) is 0 Å². The van der Waals surface area contributed by atoms with Gasteiger partial charge in [-0.3, -0.25) is 4.79 Å². The lowest BCUT2D eigenvalue weighted by Crippen LogP contribution is -2.33. The molecule has 0 radical (unpaired) electrons. The number of aromatic nitrogens is 3. The Kier molecular flexibility index (Phi) is 6.82. The summed E-state index contributed by atoms with van der Waals surface area (Å²) in [6.45, 7) is 2.99. The number of rotatable bonds is 7.